The molecule has 0 aliphatic carbocycles. The summed E-state index contributed by atoms with van der Waals surface area (Å²) in [7, 11) is 0. The predicted molar refractivity (Wildman–Crippen MR) is 71.9 cm³/mol. The molecule has 1 aliphatic rings. The molecule has 7 heteroatoms. The smallest absolute Gasteiger partial charge is 0.261 e. The van der Waals surface area contributed by atoms with Gasteiger partial charge in [-0.1, -0.05) is 0 Å². The van der Waals surface area contributed by atoms with Gasteiger partial charge in [0.05, 0.1) is 16.7 Å². The first-order chi connectivity index (χ1) is 8.04. The molecule has 5 N–H and O–H groups in total. The molecule has 2 rings (SSSR count). The van der Waals surface area contributed by atoms with Crippen molar-refractivity contribution in [3.63, 3.8) is 0 Å². The van der Waals surface area contributed by atoms with E-state index in [2.05, 4.69) is 4.90 Å². The van der Waals surface area contributed by atoms with Gasteiger partial charge in [-0.05, 0) is 12.7 Å². The topological polar surface area (TPSA) is 92.6 Å². The number of nitrogen functional groups attached to an aromatic ring is 1. The molecule has 1 atom stereocenters. The number of carbonyl (C=O) groups is 1. The Morgan fingerprint density at radius 3 is 2.82 bits per heavy atom. The number of carbonyl (C=O) groups excluding carboxylic acids is 1. The van der Waals surface area contributed by atoms with Crippen molar-refractivity contribution in [2.75, 3.05) is 30.0 Å². The maximum Gasteiger partial charge on any atom is 0.261 e. The molecular weight excluding hydrogens is 258 g/mol. The van der Waals surface area contributed by atoms with E-state index in [1.165, 1.54) is 23.1 Å². The number of primary amides is 1. The Labute approximate surface area is 108 Å². The van der Waals surface area contributed by atoms with Crippen LogP contribution in [0.15, 0.2) is 4.90 Å². The van der Waals surface area contributed by atoms with E-state index in [1.807, 2.05) is 6.26 Å². The minimum atomic E-state index is -0.492. The molecule has 5 nitrogen and oxygen atoms in total. The average Bonchev–Trinajstić information content (AvgIpc) is 2.82. The maximum absolute atomic E-state index is 11.3. The molecular formula is C10H15N3O2S2. The molecule has 1 saturated heterocycles. The fourth-order valence-electron chi connectivity index (χ4n) is 1.93. The average molecular weight is 273 g/mol. The van der Waals surface area contributed by atoms with Crippen molar-refractivity contribution in [3.8, 4) is 0 Å². The Hall–Kier alpha value is -0.920. The van der Waals surface area contributed by atoms with Gasteiger partial charge in [0.25, 0.3) is 5.91 Å². The molecule has 0 bridgehead atoms. The van der Waals surface area contributed by atoms with Crippen LogP contribution < -0.4 is 16.4 Å². The van der Waals surface area contributed by atoms with Crippen molar-refractivity contribution >= 4 is 39.7 Å². The predicted octanol–water partition coefficient (Wildman–Crippen LogP) is 0.722. The third kappa shape index (κ3) is 2.22. The molecule has 0 saturated carbocycles. The number of thiophene rings is 1. The number of β-amino-alcohol motifs (C(OH)–C–C–N with tert-alkyl or cyclic N) is 1. The van der Waals surface area contributed by atoms with Crippen LogP contribution in [0.5, 0.6) is 0 Å². The molecule has 1 fully saturated rings. The number of hydrogen-bond donors (Lipinski definition) is 3. The standard InChI is InChI=1S/C10H15N3O2S2/c1-16-8-6(11)7(9(12)15)17-10(8)13-3-2-5(14)4-13/h5,14H,2-4,11H2,1H3,(H2,12,15). The Morgan fingerprint density at radius 2 is 2.35 bits per heavy atom. The Kier molecular flexibility index (Phi) is 3.50. The van der Waals surface area contributed by atoms with E-state index in [0.717, 1.165) is 22.9 Å². The van der Waals surface area contributed by atoms with E-state index in [1.54, 1.807) is 0 Å². The van der Waals surface area contributed by atoms with Crippen LogP contribution in [0.3, 0.4) is 0 Å². The zero-order valence-corrected chi connectivity index (χ0v) is 11.1. The summed E-state index contributed by atoms with van der Waals surface area (Å²) in [6.07, 6.45) is 2.36. The highest BCUT2D eigenvalue weighted by Gasteiger charge is 2.27. The number of nitrogens with two attached hydrogens (primary N) is 2. The molecule has 0 spiro atoms. The van der Waals surface area contributed by atoms with Crippen molar-refractivity contribution in [2.45, 2.75) is 17.4 Å². The van der Waals surface area contributed by atoms with Gasteiger partial charge in [0.15, 0.2) is 0 Å². The van der Waals surface area contributed by atoms with Gasteiger partial charge in [-0.15, -0.1) is 23.1 Å². The van der Waals surface area contributed by atoms with E-state index < -0.39 is 5.91 Å². The number of amides is 1. The second kappa shape index (κ2) is 4.75. The summed E-state index contributed by atoms with van der Waals surface area (Å²) in [6.45, 7) is 1.37. The first-order valence-corrected chi connectivity index (χ1v) is 7.27. The van der Waals surface area contributed by atoms with Gasteiger partial charge >= 0.3 is 0 Å². The SMILES string of the molecule is CSc1c(N2CCC(O)C2)sc(C(N)=O)c1N. The maximum atomic E-state index is 11.3. The number of aliphatic hydroxyl groups excluding tert-OH is 1. The van der Waals surface area contributed by atoms with Gasteiger partial charge in [-0.25, -0.2) is 0 Å². The largest absolute Gasteiger partial charge is 0.396 e. The van der Waals surface area contributed by atoms with Gasteiger partial charge < -0.3 is 21.5 Å². The van der Waals surface area contributed by atoms with Crippen LogP contribution in [0, 0.1) is 0 Å². The minimum absolute atomic E-state index is 0.301. The normalized spacial score (nSPS) is 19.9. The molecule has 1 amide bonds. The highest BCUT2D eigenvalue weighted by atomic mass is 32.2. The highest BCUT2D eigenvalue weighted by Crippen LogP contribution is 2.44. The van der Waals surface area contributed by atoms with E-state index in [9.17, 15) is 9.90 Å². The van der Waals surface area contributed by atoms with Gasteiger partial charge in [-0.2, -0.15) is 0 Å². The lowest BCUT2D eigenvalue weighted by molar-refractivity contribution is 0.100. The summed E-state index contributed by atoms with van der Waals surface area (Å²) in [5.74, 6) is -0.492. The van der Waals surface area contributed by atoms with E-state index in [-0.39, 0.29) is 6.10 Å². The minimum Gasteiger partial charge on any atom is -0.396 e. The van der Waals surface area contributed by atoms with Crippen molar-refractivity contribution in [1.29, 1.82) is 0 Å². The lowest BCUT2D eigenvalue weighted by atomic mass is 10.3. The Bertz CT molecular complexity index is 447. The molecule has 0 radical (unpaired) electrons. The third-order valence-corrected chi connectivity index (χ3v) is 4.99. The molecule has 17 heavy (non-hydrogen) atoms. The van der Waals surface area contributed by atoms with Gasteiger partial charge in [0, 0.05) is 13.1 Å². The van der Waals surface area contributed by atoms with Crippen LogP contribution >= 0.6 is 23.1 Å². The summed E-state index contributed by atoms with van der Waals surface area (Å²) in [4.78, 5) is 14.6. The van der Waals surface area contributed by atoms with E-state index in [0.29, 0.717) is 17.1 Å². The highest BCUT2D eigenvalue weighted by molar-refractivity contribution is 7.99. The molecule has 1 aliphatic heterocycles. The fraction of sp³-hybridized carbons (Fsp3) is 0.500. The number of nitrogens with zero attached hydrogens (tertiary/aromatic N) is 1. The van der Waals surface area contributed by atoms with Crippen LogP contribution in [0.2, 0.25) is 0 Å². The summed E-state index contributed by atoms with van der Waals surface area (Å²) in [5.41, 5.74) is 11.7. The summed E-state index contributed by atoms with van der Waals surface area (Å²) >= 11 is 2.82. The van der Waals surface area contributed by atoms with E-state index in [4.69, 9.17) is 11.5 Å². The summed E-state index contributed by atoms with van der Waals surface area (Å²) in [5, 5.41) is 10.5. The first kappa shape index (κ1) is 12.5. The monoisotopic (exact) mass is 273 g/mol. The van der Waals surface area contributed by atoms with Crippen molar-refractivity contribution in [1.82, 2.24) is 0 Å². The number of thioether (sulfide) groups is 1. The molecule has 1 aromatic rings. The molecule has 2 heterocycles. The first-order valence-electron chi connectivity index (χ1n) is 5.23. The lowest BCUT2D eigenvalue weighted by Crippen LogP contribution is -2.20. The molecule has 94 valence electrons. The van der Waals surface area contributed by atoms with Crippen LogP contribution in [0.25, 0.3) is 0 Å². The number of hydrogen-bond acceptors (Lipinski definition) is 6. The number of rotatable bonds is 3. The van der Waals surface area contributed by atoms with Gasteiger partial charge in [0.1, 0.15) is 9.88 Å². The van der Waals surface area contributed by atoms with Crippen LogP contribution in [-0.2, 0) is 0 Å². The van der Waals surface area contributed by atoms with Gasteiger partial charge in [0.2, 0.25) is 0 Å². The quantitative estimate of drug-likeness (QED) is 0.706. The Morgan fingerprint density at radius 1 is 1.65 bits per heavy atom. The zero-order chi connectivity index (χ0) is 12.6. The van der Waals surface area contributed by atoms with Crippen molar-refractivity contribution in [3.05, 3.63) is 4.88 Å². The van der Waals surface area contributed by atoms with Crippen LogP contribution in [0.1, 0.15) is 16.1 Å². The Balaban J connectivity index is 2.39. The van der Waals surface area contributed by atoms with E-state index >= 15 is 0 Å². The molecule has 1 aromatic heterocycles. The van der Waals surface area contributed by atoms with Crippen LogP contribution in [0.4, 0.5) is 10.7 Å². The van der Waals surface area contributed by atoms with Crippen molar-refractivity contribution in [2.24, 2.45) is 5.73 Å². The summed E-state index contributed by atoms with van der Waals surface area (Å²) < 4.78 is 0. The fourth-order valence-corrected chi connectivity index (χ4v) is 4.00. The van der Waals surface area contributed by atoms with Crippen LogP contribution in [-0.4, -0.2) is 36.5 Å². The van der Waals surface area contributed by atoms with Gasteiger partial charge in [-0.3, -0.25) is 4.79 Å². The summed E-state index contributed by atoms with van der Waals surface area (Å²) in [6, 6.07) is 0. The second-order valence-corrected chi connectivity index (χ2v) is 5.75. The number of aliphatic hydroxyl groups is 1. The third-order valence-electron chi connectivity index (χ3n) is 2.76. The molecule has 0 aromatic carbocycles. The van der Waals surface area contributed by atoms with Crippen molar-refractivity contribution < 1.29 is 9.90 Å². The second-order valence-electron chi connectivity index (χ2n) is 3.94. The number of anilines is 2. The lowest BCUT2D eigenvalue weighted by Gasteiger charge is -2.16. The molecule has 1 unspecified atom stereocenters. The zero-order valence-electron chi connectivity index (χ0n) is 9.47.